The van der Waals surface area contributed by atoms with Crippen LogP contribution in [0.5, 0.6) is 0 Å². The van der Waals surface area contributed by atoms with Crippen LogP contribution in [0.3, 0.4) is 0 Å². The monoisotopic (exact) mass is 246 g/mol. The van der Waals surface area contributed by atoms with Crippen LogP contribution in [0, 0.1) is 17.2 Å². The van der Waals surface area contributed by atoms with E-state index in [0.717, 1.165) is 12.1 Å². The third kappa shape index (κ3) is 3.80. The Bertz CT molecular complexity index is 385. The third-order valence-electron chi connectivity index (χ3n) is 3.12. The Morgan fingerprint density at radius 1 is 1.50 bits per heavy atom. The van der Waals surface area contributed by atoms with Gasteiger partial charge in [-0.2, -0.15) is 5.26 Å². The van der Waals surface area contributed by atoms with Gasteiger partial charge in [0.15, 0.2) is 0 Å². The van der Waals surface area contributed by atoms with Gasteiger partial charge >= 0.3 is 0 Å². The van der Waals surface area contributed by atoms with E-state index in [1.54, 1.807) is 6.20 Å². The number of aromatic nitrogens is 1. The smallest absolute Gasteiger partial charge is 0.0671 e. The van der Waals surface area contributed by atoms with E-state index in [0.29, 0.717) is 6.54 Å². The molecule has 0 radical (unpaired) electrons. The Hall–Kier alpha value is -1.44. The summed E-state index contributed by atoms with van der Waals surface area (Å²) in [5.41, 5.74) is 7.17. The molecule has 1 aromatic heterocycles. The van der Waals surface area contributed by atoms with Crippen molar-refractivity contribution in [2.45, 2.75) is 32.4 Å². The number of nitriles is 1. The minimum atomic E-state index is -0.00901. The van der Waals surface area contributed by atoms with Crippen LogP contribution in [-0.4, -0.2) is 29.5 Å². The zero-order valence-electron chi connectivity index (χ0n) is 11.4. The van der Waals surface area contributed by atoms with Crippen molar-refractivity contribution in [3.8, 4) is 6.07 Å². The SMILES string of the molecule is CCC(N)C(c1ccccn1)N(C)CC(C)C#N. The third-order valence-corrected chi connectivity index (χ3v) is 3.12. The molecule has 0 fully saturated rings. The maximum absolute atomic E-state index is 8.91. The lowest BCUT2D eigenvalue weighted by molar-refractivity contribution is 0.193. The van der Waals surface area contributed by atoms with E-state index in [1.807, 2.05) is 32.2 Å². The first-order valence-electron chi connectivity index (χ1n) is 6.36. The molecule has 18 heavy (non-hydrogen) atoms. The van der Waals surface area contributed by atoms with Crippen molar-refractivity contribution >= 4 is 0 Å². The van der Waals surface area contributed by atoms with Gasteiger partial charge in [-0.25, -0.2) is 0 Å². The Morgan fingerprint density at radius 3 is 2.72 bits per heavy atom. The van der Waals surface area contributed by atoms with Crippen molar-refractivity contribution in [1.82, 2.24) is 9.88 Å². The van der Waals surface area contributed by atoms with Crippen LogP contribution >= 0.6 is 0 Å². The van der Waals surface area contributed by atoms with Gasteiger partial charge in [0.25, 0.3) is 0 Å². The summed E-state index contributed by atoms with van der Waals surface area (Å²) in [6.07, 6.45) is 2.67. The Morgan fingerprint density at radius 2 is 2.22 bits per heavy atom. The summed E-state index contributed by atoms with van der Waals surface area (Å²) in [6, 6.07) is 8.21. The van der Waals surface area contributed by atoms with Crippen LogP contribution < -0.4 is 5.73 Å². The largest absolute Gasteiger partial charge is 0.326 e. The van der Waals surface area contributed by atoms with Gasteiger partial charge in [-0.1, -0.05) is 13.0 Å². The highest BCUT2D eigenvalue weighted by Gasteiger charge is 2.25. The van der Waals surface area contributed by atoms with Crippen molar-refractivity contribution in [2.75, 3.05) is 13.6 Å². The fourth-order valence-electron chi connectivity index (χ4n) is 2.13. The Balaban J connectivity index is 2.89. The number of nitrogens with two attached hydrogens (primary N) is 1. The summed E-state index contributed by atoms with van der Waals surface area (Å²) in [5, 5.41) is 8.91. The molecular weight excluding hydrogens is 224 g/mol. The Kier molecular flexibility index (Phi) is 5.76. The predicted octanol–water partition coefficient (Wildman–Crippen LogP) is 1.95. The summed E-state index contributed by atoms with van der Waals surface area (Å²) in [7, 11) is 2.00. The second kappa shape index (κ2) is 7.10. The molecule has 0 aliphatic heterocycles. The van der Waals surface area contributed by atoms with Gasteiger partial charge in [-0.15, -0.1) is 0 Å². The van der Waals surface area contributed by atoms with Crippen LogP contribution in [0.25, 0.3) is 0 Å². The van der Waals surface area contributed by atoms with Gasteiger partial charge in [0, 0.05) is 18.8 Å². The van der Waals surface area contributed by atoms with E-state index in [2.05, 4.69) is 22.9 Å². The van der Waals surface area contributed by atoms with E-state index >= 15 is 0 Å². The molecule has 0 aromatic carbocycles. The van der Waals surface area contributed by atoms with Gasteiger partial charge in [-0.05, 0) is 32.5 Å². The fourth-order valence-corrected chi connectivity index (χ4v) is 2.13. The molecule has 4 nitrogen and oxygen atoms in total. The van der Waals surface area contributed by atoms with Gasteiger partial charge in [0.05, 0.1) is 23.7 Å². The van der Waals surface area contributed by atoms with E-state index in [4.69, 9.17) is 11.0 Å². The van der Waals surface area contributed by atoms with Crippen molar-refractivity contribution in [2.24, 2.45) is 11.7 Å². The lowest BCUT2D eigenvalue weighted by Gasteiger charge is -2.32. The van der Waals surface area contributed by atoms with Crippen molar-refractivity contribution in [3.05, 3.63) is 30.1 Å². The summed E-state index contributed by atoms with van der Waals surface area (Å²) >= 11 is 0. The molecule has 1 aromatic rings. The lowest BCUT2D eigenvalue weighted by atomic mass is 10.00. The first kappa shape index (κ1) is 14.6. The minimum Gasteiger partial charge on any atom is -0.326 e. The second-order valence-corrected chi connectivity index (χ2v) is 4.74. The lowest BCUT2D eigenvalue weighted by Crippen LogP contribution is -2.40. The van der Waals surface area contributed by atoms with E-state index in [9.17, 15) is 0 Å². The average Bonchev–Trinajstić information content (AvgIpc) is 2.39. The van der Waals surface area contributed by atoms with Gasteiger partial charge in [-0.3, -0.25) is 9.88 Å². The van der Waals surface area contributed by atoms with Gasteiger partial charge in [0.2, 0.25) is 0 Å². The van der Waals surface area contributed by atoms with E-state index < -0.39 is 0 Å². The van der Waals surface area contributed by atoms with Gasteiger partial charge in [0.1, 0.15) is 0 Å². The van der Waals surface area contributed by atoms with Crippen LogP contribution in [-0.2, 0) is 0 Å². The zero-order chi connectivity index (χ0) is 13.5. The summed E-state index contributed by atoms with van der Waals surface area (Å²) in [4.78, 5) is 6.53. The molecule has 4 heteroatoms. The predicted molar refractivity (Wildman–Crippen MR) is 72.7 cm³/mol. The van der Waals surface area contributed by atoms with Crippen LogP contribution in [0.4, 0.5) is 0 Å². The molecule has 0 spiro atoms. The highest BCUT2D eigenvalue weighted by molar-refractivity contribution is 5.11. The normalized spacial score (nSPS) is 16.0. The van der Waals surface area contributed by atoms with Crippen molar-refractivity contribution in [1.29, 1.82) is 5.26 Å². The number of rotatable bonds is 6. The number of pyridine rings is 1. The minimum absolute atomic E-state index is 0.00901. The summed E-state index contributed by atoms with van der Waals surface area (Å²) in [6.45, 7) is 4.69. The molecule has 0 saturated heterocycles. The molecular formula is C14H22N4. The second-order valence-electron chi connectivity index (χ2n) is 4.74. The first-order chi connectivity index (χ1) is 8.60. The van der Waals surface area contributed by atoms with Crippen molar-refractivity contribution in [3.63, 3.8) is 0 Å². The van der Waals surface area contributed by atoms with E-state index in [1.165, 1.54) is 0 Å². The maximum atomic E-state index is 8.91. The van der Waals surface area contributed by atoms with Crippen LogP contribution in [0.1, 0.15) is 32.0 Å². The Labute approximate surface area is 109 Å². The molecule has 0 bridgehead atoms. The highest BCUT2D eigenvalue weighted by atomic mass is 15.2. The van der Waals surface area contributed by atoms with Crippen molar-refractivity contribution < 1.29 is 0 Å². The molecule has 3 atom stereocenters. The number of likely N-dealkylation sites (N-methyl/N-ethyl adjacent to an activating group) is 1. The topological polar surface area (TPSA) is 65.9 Å². The fraction of sp³-hybridized carbons (Fsp3) is 0.571. The molecule has 2 N–H and O–H groups in total. The standard InChI is InChI=1S/C14H22N4/c1-4-12(16)14(13-7-5-6-8-17-13)18(3)10-11(2)9-15/h5-8,11-12,14H,4,10,16H2,1-3H3. The maximum Gasteiger partial charge on any atom is 0.0671 e. The van der Waals surface area contributed by atoms with Crippen LogP contribution in [0.15, 0.2) is 24.4 Å². The molecule has 0 saturated carbocycles. The molecule has 0 aliphatic carbocycles. The molecule has 1 heterocycles. The summed E-state index contributed by atoms with van der Waals surface area (Å²) < 4.78 is 0. The van der Waals surface area contributed by atoms with Crippen LogP contribution in [0.2, 0.25) is 0 Å². The van der Waals surface area contributed by atoms with E-state index in [-0.39, 0.29) is 18.0 Å². The molecule has 1 rings (SSSR count). The quantitative estimate of drug-likeness (QED) is 0.833. The van der Waals surface area contributed by atoms with Gasteiger partial charge < -0.3 is 5.73 Å². The molecule has 0 amide bonds. The summed E-state index contributed by atoms with van der Waals surface area (Å²) in [5.74, 6) is -0.00901. The first-order valence-corrected chi connectivity index (χ1v) is 6.36. The molecule has 3 unspecified atom stereocenters. The number of hydrogen-bond acceptors (Lipinski definition) is 4. The number of nitrogens with zero attached hydrogens (tertiary/aromatic N) is 3. The molecule has 0 aliphatic rings. The highest BCUT2D eigenvalue weighted by Crippen LogP contribution is 2.22. The average molecular weight is 246 g/mol. The molecule has 98 valence electrons. The number of hydrogen-bond donors (Lipinski definition) is 1. The zero-order valence-corrected chi connectivity index (χ0v) is 11.4.